The Balaban J connectivity index is 1.69. The van der Waals surface area contributed by atoms with Gasteiger partial charge in [0.1, 0.15) is 10.3 Å². The summed E-state index contributed by atoms with van der Waals surface area (Å²) in [6.07, 6.45) is 2.58. The van der Waals surface area contributed by atoms with E-state index in [4.69, 9.17) is 0 Å². The molecule has 3 aromatic rings. The van der Waals surface area contributed by atoms with Crippen LogP contribution in [0.15, 0.2) is 60.0 Å². The van der Waals surface area contributed by atoms with Gasteiger partial charge < -0.3 is 5.32 Å². The summed E-state index contributed by atoms with van der Waals surface area (Å²) in [6.45, 7) is 5.59. The summed E-state index contributed by atoms with van der Waals surface area (Å²) in [6, 6.07) is 17.6. The summed E-state index contributed by atoms with van der Waals surface area (Å²) in [5, 5.41) is 4.32. The number of benzene rings is 2. The van der Waals surface area contributed by atoms with Crippen molar-refractivity contribution >= 4 is 27.1 Å². The van der Waals surface area contributed by atoms with Crippen LogP contribution in [0, 0.1) is 0 Å². The van der Waals surface area contributed by atoms with Crippen LogP contribution in [-0.4, -0.2) is 24.6 Å². The van der Waals surface area contributed by atoms with Crippen LogP contribution in [0.1, 0.15) is 56.5 Å². The van der Waals surface area contributed by atoms with E-state index in [1.807, 2.05) is 49.4 Å². The van der Waals surface area contributed by atoms with E-state index in [-0.39, 0.29) is 11.8 Å². The maximum Gasteiger partial charge on any atom is 0.238 e. The molecule has 1 aromatic heterocycles. The van der Waals surface area contributed by atoms with E-state index >= 15 is 0 Å². The number of sulfone groups is 1. The van der Waals surface area contributed by atoms with Gasteiger partial charge in [-0.05, 0) is 30.9 Å². The molecule has 2 aromatic carbocycles. The number of rotatable bonds is 10. The molecule has 0 aliphatic heterocycles. The Morgan fingerprint density at radius 3 is 2.38 bits per heavy atom. The number of aromatic nitrogens is 1. The van der Waals surface area contributed by atoms with Gasteiger partial charge in [0.05, 0.1) is 17.5 Å². The Hall–Kier alpha value is -2.51. The number of hydrogen-bond donors (Lipinski definition) is 1. The van der Waals surface area contributed by atoms with Gasteiger partial charge in [0.15, 0.2) is 9.84 Å². The Labute approximate surface area is 194 Å². The van der Waals surface area contributed by atoms with E-state index in [9.17, 15) is 13.2 Å². The molecule has 0 bridgehead atoms. The second-order valence-corrected chi connectivity index (χ2v) is 11.1. The van der Waals surface area contributed by atoms with Gasteiger partial charge in [0.2, 0.25) is 5.91 Å². The second kappa shape index (κ2) is 10.9. The average Bonchev–Trinajstić information content (AvgIpc) is 3.26. The van der Waals surface area contributed by atoms with Gasteiger partial charge in [-0.15, -0.1) is 11.3 Å². The Morgan fingerprint density at radius 2 is 1.75 bits per heavy atom. The smallest absolute Gasteiger partial charge is 0.238 e. The van der Waals surface area contributed by atoms with Gasteiger partial charge in [0.25, 0.3) is 0 Å². The fraction of sp³-hybridized carbons (Fsp3) is 0.360. The summed E-state index contributed by atoms with van der Waals surface area (Å²) < 4.78 is 25.9. The number of nitrogens with zero attached hydrogens (tertiary/aromatic N) is 1. The van der Waals surface area contributed by atoms with Gasteiger partial charge in [-0.1, -0.05) is 74.9 Å². The van der Waals surface area contributed by atoms with Crippen LogP contribution < -0.4 is 5.32 Å². The third kappa shape index (κ3) is 6.04. The molecule has 2 unspecified atom stereocenters. The highest BCUT2D eigenvalue weighted by molar-refractivity contribution is 7.92. The van der Waals surface area contributed by atoms with E-state index in [1.54, 1.807) is 5.38 Å². The molecule has 7 heteroatoms. The lowest BCUT2D eigenvalue weighted by Crippen LogP contribution is -2.40. The van der Waals surface area contributed by atoms with Gasteiger partial charge in [-0.3, -0.25) is 4.79 Å². The maximum absolute atomic E-state index is 13.0. The number of nitrogens with one attached hydrogen (secondary N) is 1. The first-order valence-electron chi connectivity index (χ1n) is 10.9. The van der Waals surface area contributed by atoms with Crippen molar-refractivity contribution in [2.24, 2.45) is 0 Å². The molecular formula is C25H30N2O3S2. The molecule has 5 nitrogen and oxygen atoms in total. The molecule has 2 atom stereocenters. The predicted octanol–water partition coefficient (Wildman–Crippen LogP) is 5.33. The Morgan fingerprint density at radius 1 is 1.06 bits per heavy atom. The number of hydrogen-bond acceptors (Lipinski definition) is 5. The van der Waals surface area contributed by atoms with Crippen LogP contribution in [0.4, 0.5) is 0 Å². The third-order valence-electron chi connectivity index (χ3n) is 5.51. The summed E-state index contributed by atoms with van der Waals surface area (Å²) in [5.41, 5.74) is 3.65. The van der Waals surface area contributed by atoms with Crippen LogP contribution >= 0.6 is 11.3 Å². The molecule has 1 N–H and O–H groups in total. The molecule has 3 rings (SSSR count). The fourth-order valence-electron chi connectivity index (χ4n) is 3.47. The van der Waals surface area contributed by atoms with Crippen molar-refractivity contribution in [3.8, 4) is 10.6 Å². The summed E-state index contributed by atoms with van der Waals surface area (Å²) >= 11 is 1.42. The number of thiazole rings is 1. The highest BCUT2D eigenvalue weighted by Gasteiger charge is 2.30. The SMILES string of the molecule is CCCC(NC(=O)C(C)S(=O)(=O)Cc1csc(-c2ccc(CC)cc2)n1)c1ccccc1. The molecule has 0 spiro atoms. The van der Waals surface area contributed by atoms with Gasteiger partial charge in [0, 0.05) is 10.9 Å². The zero-order chi connectivity index (χ0) is 23.1. The Kier molecular flexibility index (Phi) is 8.21. The molecule has 0 saturated carbocycles. The van der Waals surface area contributed by atoms with Crippen LogP contribution in [0.2, 0.25) is 0 Å². The monoisotopic (exact) mass is 470 g/mol. The van der Waals surface area contributed by atoms with Crippen molar-refractivity contribution in [2.75, 3.05) is 0 Å². The highest BCUT2D eigenvalue weighted by Crippen LogP contribution is 2.26. The minimum absolute atomic E-state index is 0.205. The van der Waals surface area contributed by atoms with E-state index in [1.165, 1.54) is 23.8 Å². The molecule has 0 radical (unpaired) electrons. The van der Waals surface area contributed by atoms with Crippen LogP contribution in [0.25, 0.3) is 10.6 Å². The van der Waals surface area contributed by atoms with Gasteiger partial charge in [-0.2, -0.15) is 0 Å². The lowest BCUT2D eigenvalue weighted by Gasteiger charge is -2.21. The second-order valence-electron chi connectivity index (χ2n) is 7.90. The normalized spacial score (nSPS) is 13.5. The van der Waals surface area contributed by atoms with Crippen molar-refractivity contribution in [1.29, 1.82) is 0 Å². The number of carbonyl (C=O) groups is 1. The predicted molar refractivity (Wildman–Crippen MR) is 131 cm³/mol. The zero-order valence-corrected chi connectivity index (χ0v) is 20.4. The lowest BCUT2D eigenvalue weighted by molar-refractivity contribution is -0.121. The maximum atomic E-state index is 13.0. The van der Waals surface area contributed by atoms with E-state index in [0.29, 0.717) is 5.69 Å². The van der Waals surface area contributed by atoms with Crippen molar-refractivity contribution in [3.05, 3.63) is 76.8 Å². The molecule has 1 amide bonds. The van der Waals surface area contributed by atoms with Crippen molar-refractivity contribution in [2.45, 2.75) is 57.1 Å². The van der Waals surface area contributed by atoms with Crippen molar-refractivity contribution in [3.63, 3.8) is 0 Å². The van der Waals surface area contributed by atoms with E-state index in [2.05, 4.69) is 29.4 Å². The molecule has 1 heterocycles. The summed E-state index contributed by atoms with van der Waals surface area (Å²) in [5.74, 6) is -0.729. The highest BCUT2D eigenvalue weighted by atomic mass is 32.2. The van der Waals surface area contributed by atoms with Gasteiger partial charge in [-0.25, -0.2) is 13.4 Å². The fourth-order valence-corrected chi connectivity index (χ4v) is 5.60. The van der Waals surface area contributed by atoms with Gasteiger partial charge >= 0.3 is 0 Å². The molecule has 0 aliphatic carbocycles. The van der Waals surface area contributed by atoms with E-state index < -0.39 is 21.0 Å². The van der Waals surface area contributed by atoms with Crippen molar-refractivity contribution < 1.29 is 13.2 Å². The molecule has 0 aliphatic rings. The standard InChI is InChI=1S/C25H30N2O3S2/c1-4-9-23(20-10-7-6-8-11-20)27-24(28)18(3)32(29,30)17-22-16-31-25(26-22)21-14-12-19(5-2)13-15-21/h6-8,10-16,18,23H,4-5,9,17H2,1-3H3,(H,27,28). The van der Waals surface area contributed by atoms with Crippen LogP contribution in [-0.2, 0) is 26.8 Å². The Bertz CT molecular complexity index is 1120. The first-order chi connectivity index (χ1) is 15.3. The van der Waals surface area contributed by atoms with Crippen molar-refractivity contribution in [1.82, 2.24) is 10.3 Å². The first kappa shape index (κ1) is 24.1. The third-order valence-corrected chi connectivity index (χ3v) is 8.44. The summed E-state index contributed by atoms with van der Waals surface area (Å²) in [4.78, 5) is 17.3. The average molecular weight is 471 g/mol. The topological polar surface area (TPSA) is 76.1 Å². The quantitative estimate of drug-likeness (QED) is 0.434. The number of carbonyl (C=O) groups excluding carboxylic acids is 1. The molecular weight excluding hydrogens is 440 g/mol. The molecule has 0 fully saturated rings. The number of aryl methyl sites for hydroxylation is 1. The minimum Gasteiger partial charge on any atom is -0.348 e. The largest absolute Gasteiger partial charge is 0.348 e. The molecule has 32 heavy (non-hydrogen) atoms. The molecule has 170 valence electrons. The minimum atomic E-state index is -3.70. The first-order valence-corrected chi connectivity index (χ1v) is 13.5. The zero-order valence-electron chi connectivity index (χ0n) is 18.7. The van der Waals surface area contributed by atoms with Crippen LogP contribution in [0.5, 0.6) is 0 Å². The van der Waals surface area contributed by atoms with Crippen LogP contribution in [0.3, 0.4) is 0 Å². The molecule has 0 saturated heterocycles. The lowest BCUT2D eigenvalue weighted by atomic mass is 10.0. The summed E-state index contributed by atoms with van der Waals surface area (Å²) in [7, 11) is -3.70. The van der Waals surface area contributed by atoms with E-state index in [0.717, 1.165) is 35.4 Å². The number of amides is 1.